The second-order valence-electron chi connectivity index (χ2n) is 17.3. The molecule has 310 valence electrons. The molecule has 10 aromatic carbocycles. The van der Waals surface area contributed by atoms with Crippen LogP contribution in [-0.4, -0.2) is 14.7 Å². The van der Waals surface area contributed by atoms with Crippen molar-refractivity contribution in [3.05, 3.63) is 218 Å². The van der Waals surface area contributed by atoms with Crippen molar-refractivity contribution in [2.45, 2.75) is 0 Å². The lowest BCUT2D eigenvalue weighted by atomic mass is 9.98. The van der Waals surface area contributed by atoms with Crippen LogP contribution in [0.3, 0.4) is 0 Å². The van der Waals surface area contributed by atoms with Gasteiger partial charge < -0.3 is 9.13 Å². The van der Waals surface area contributed by atoms with Gasteiger partial charge in [0.1, 0.15) is 0 Å². The molecule has 4 nitrogen and oxygen atoms in total. The third-order valence-corrected chi connectivity index (χ3v) is 15.9. The Morgan fingerprint density at radius 3 is 1.05 bits per heavy atom. The molecule has 14 rings (SSSR count). The van der Waals surface area contributed by atoms with Gasteiger partial charge in [-0.3, -0.25) is 5.56 Å². The van der Waals surface area contributed by atoms with Crippen LogP contribution in [0.4, 0.5) is 0 Å². The van der Waals surface area contributed by atoms with Gasteiger partial charge in [0.15, 0.2) is 0 Å². The summed E-state index contributed by atoms with van der Waals surface area (Å²) in [6, 6.07) is 80.6. The van der Waals surface area contributed by atoms with Crippen LogP contribution in [0.25, 0.3) is 132 Å². The van der Waals surface area contributed by atoms with Gasteiger partial charge in [0.05, 0.1) is 89.9 Å². The van der Waals surface area contributed by atoms with Crippen molar-refractivity contribution in [2.75, 3.05) is 0 Å². The van der Waals surface area contributed by atoms with Crippen LogP contribution in [0.5, 0.6) is 0 Å². The summed E-state index contributed by atoms with van der Waals surface area (Å²) < 4.78 is 9.41. The molecule has 0 atom stereocenters. The number of halogens is 2. The lowest BCUT2D eigenvalue weighted by Gasteiger charge is -2.09. The molecule has 0 aliphatic heterocycles. The molecule has 4 aromatic heterocycles. The molecule has 0 spiro atoms. The van der Waals surface area contributed by atoms with Gasteiger partial charge in [0.2, 0.25) is 0 Å². The Kier molecular flexibility index (Phi) is 8.49. The van der Waals surface area contributed by atoms with Gasteiger partial charge in [-0.2, -0.15) is 0 Å². The van der Waals surface area contributed by atoms with Crippen LogP contribution in [-0.2, 0) is 0 Å². The number of para-hydroxylation sites is 4. The number of aromatic nitrogens is 4. The van der Waals surface area contributed by atoms with E-state index in [1.165, 1.54) is 126 Å². The molecule has 0 bridgehead atoms. The summed E-state index contributed by atoms with van der Waals surface area (Å²) in [5.41, 5.74) is 19.2. The van der Waals surface area contributed by atoms with Gasteiger partial charge in [-0.15, -0.1) is 0 Å². The minimum atomic E-state index is 1.16. The zero-order chi connectivity index (χ0) is 43.6. The summed E-state index contributed by atoms with van der Waals surface area (Å²) in [7, 11) is 0. The number of benzene rings is 10. The normalized spacial score (nSPS) is 12.1. The average molecular weight is 1070 g/mol. The fraction of sp³-hybridized carbons (Fsp3) is 0. The first-order valence-electron chi connectivity index (χ1n) is 22.2. The van der Waals surface area contributed by atoms with Crippen LogP contribution < -0.4 is 0 Å². The number of hydrogen-bond donors (Lipinski definition) is 0. The maximum absolute atomic E-state index is 2.50. The lowest BCUT2D eigenvalue weighted by Crippen LogP contribution is -1.93. The molecule has 6 heteroatoms. The minimum absolute atomic E-state index is 1.16. The van der Waals surface area contributed by atoms with Crippen LogP contribution in [0.1, 0.15) is 0 Å². The fourth-order valence-electron chi connectivity index (χ4n) is 10.7. The highest BCUT2D eigenvalue weighted by Gasteiger charge is 2.19. The van der Waals surface area contributed by atoms with Crippen LogP contribution >= 0.6 is 45.7 Å². The van der Waals surface area contributed by atoms with E-state index >= 15 is 0 Å². The standard InChI is InChI=1S/C60H36I2N4/c61-65-56-18-10-8-16-46(56)50-31-38(24-30-57(50)65)37-22-28-54-51(32-37)52-33-39(23-29-55(52)63(54)43-11-3-1-4-12-43)41-20-26-48-49-27-21-42(36-60(49)66(62)59(48)35-41)40-19-25-47-45-15-7-9-17-53(45)64(58(47)34-40)44-13-5-2-6-14-44/h1-36H. The maximum atomic E-state index is 2.50. The largest absolute Gasteiger partial charge is 0.309 e. The first kappa shape index (κ1) is 38.2. The highest BCUT2D eigenvalue weighted by Crippen LogP contribution is 2.42. The Balaban J connectivity index is 0.892. The average Bonchev–Trinajstić information content (AvgIpc) is 4.07. The quantitative estimate of drug-likeness (QED) is 0.153. The van der Waals surface area contributed by atoms with Gasteiger partial charge in [0.25, 0.3) is 0 Å². The first-order chi connectivity index (χ1) is 32.6. The maximum Gasteiger partial charge on any atom is 0.0646 e. The summed E-state index contributed by atoms with van der Waals surface area (Å²) in [5, 5.41) is 10.1. The monoisotopic (exact) mass is 1070 g/mol. The van der Waals surface area contributed by atoms with Crippen molar-refractivity contribution >= 4 is 133 Å². The van der Waals surface area contributed by atoms with Crippen LogP contribution in [0, 0.1) is 0 Å². The number of fused-ring (bicyclic) bond motifs is 12. The predicted molar refractivity (Wildman–Crippen MR) is 296 cm³/mol. The van der Waals surface area contributed by atoms with Gasteiger partial charge in [-0.05, 0) is 124 Å². The van der Waals surface area contributed by atoms with Crippen LogP contribution in [0.15, 0.2) is 218 Å². The van der Waals surface area contributed by atoms with Crippen molar-refractivity contribution in [3.63, 3.8) is 0 Å². The van der Waals surface area contributed by atoms with Crippen molar-refractivity contribution < 1.29 is 0 Å². The molecule has 4 heterocycles. The predicted octanol–water partition coefficient (Wildman–Crippen LogP) is 17.5. The molecule has 0 saturated carbocycles. The zero-order valence-electron chi connectivity index (χ0n) is 35.3. The second kappa shape index (κ2) is 14.7. The zero-order valence-corrected chi connectivity index (χ0v) is 39.6. The van der Waals surface area contributed by atoms with Crippen molar-refractivity contribution in [3.8, 4) is 44.8 Å². The lowest BCUT2D eigenvalue weighted by molar-refractivity contribution is 1.18. The van der Waals surface area contributed by atoms with Crippen molar-refractivity contribution in [1.29, 1.82) is 0 Å². The Morgan fingerprint density at radius 2 is 0.515 bits per heavy atom. The smallest absolute Gasteiger partial charge is 0.0646 e. The molecule has 0 unspecified atom stereocenters. The topological polar surface area (TPSA) is 19.7 Å². The summed E-state index contributed by atoms with van der Waals surface area (Å²) in [4.78, 5) is 0. The molecule has 14 aromatic rings. The third kappa shape index (κ3) is 5.67. The van der Waals surface area contributed by atoms with Gasteiger partial charge >= 0.3 is 0 Å². The Labute approximate surface area is 407 Å². The van der Waals surface area contributed by atoms with E-state index in [1.807, 2.05) is 0 Å². The van der Waals surface area contributed by atoms with Crippen molar-refractivity contribution in [2.24, 2.45) is 0 Å². The Morgan fingerprint density at radius 1 is 0.212 bits per heavy atom. The number of hydrogen-bond acceptors (Lipinski definition) is 0. The molecular formula is C60H36I2N4. The third-order valence-electron chi connectivity index (χ3n) is 13.8. The van der Waals surface area contributed by atoms with E-state index in [9.17, 15) is 0 Å². The summed E-state index contributed by atoms with van der Waals surface area (Å²) in [6.45, 7) is 0. The first-order valence-corrected chi connectivity index (χ1v) is 24.2. The minimum Gasteiger partial charge on any atom is -0.309 e. The summed E-state index contributed by atoms with van der Waals surface area (Å²) in [6.07, 6.45) is 0. The van der Waals surface area contributed by atoms with E-state index in [0.29, 0.717) is 0 Å². The molecule has 0 N–H and O–H groups in total. The molecule has 0 aliphatic carbocycles. The SMILES string of the molecule is In1c2ccccc2c2cc(-c3ccc4c(c3)c3cc(-c5ccc6c7ccc(-c8ccc9c%10ccccc%10n(-c%10ccccc%10)c9c8)cc7n(I)c6c5)ccc3n4-c3ccccc3)ccc21. The molecule has 0 fully saturated rings. The van der Waals surface area contributed by atoms with Crippen LogP contribution in [0.2, 0.25) is 0 Å². The van der Waals surface area contributed by atoms with Crippen molar-refractivity contribution in [1.82, 2.24) is 14.7 Å². The summed E-state index contributed by atoms with van der Waals surface area (Å²) >= 11 is 4.93. The Hall–Kier alpha value is -7.14. The van der Waals surface area contributed by atoms with E-state index in [-0.39, 0.29) is 0 Å². The number of nitrogens with zero attached hydrogens (tertiary/aromatic N) is 4. The van der Waals surface area contributed by atoms with E-state index in [0.717, 1.165) is 5.69 Å². The molecular weight excluding hydrogens is 1030 g/mol. The van der Waals surface area contributed by atoms with Gasteiger partial charge in [-0.1, -0.05) is 127 Å². The number of rotatable bonds is 5. The van der Waals surface area contributed by atoms with Gasteiger partial charge in [0, 0.05) is 54.5 Å². The second-order valence-corrected chi connectivity index (χ2v) is 19.3. The molecule has 0 saturated heterocycles. The highest BCUT2D eigenvalue weighted by molar-refractivity contribution is 14.1. The fourth-order valence-corrected chi connectivity index (χ4v) is 12.3. The van der Waals surface area contributed by atoms with E-state index < -0.39 is 0 Å². The van der Waals surface area contributed by atoms with E-state index in [1.54, 1.807) is 0 Å². The van der Waals surface area contributed by atoms with Gasteiger partial charge in [-0.25, -0.2) is 0 Å². The summed E-state index contributed by atoms with van der Waals surface area (Å²) in [5.74, 6) is 0. The highest BCUT2D eigenvalue weighted by atomic mass is 127. The Bertz CT molecular complexity index is 4300. The molecule has 0 aliphatic rings. The molecule has 66 heavy (non-hydrogen) atoms. The molecule has 0 radical (unpaired) electrons. The van der Waals surface area contributed by atoms with E-state index in [2.05, 4.69) is 279 Å². The molecule has 0 amide bonds. The van der Waals surface area contributed by atoms with E-state index in [4.69, 9.17) is 0 Å².